The van der Waals surface area contributed by atoms with Gasteiger partial charge < -0.3 is 9.72 Å². The SMILES string of the molecule is CCOc1ccc([C@@H]2CCCN2Cc2nc3ccccc3c(=O)[nH]2)cc1. The molecule has 3 aromatic rings. The van der Waals surface area contributed by atoms with E-state index in [1.54, 1.807) is 0 Å². The maximum atomic E-state index is 12.3. The fourth-order valence-electron chi connectivity index (χ4n) is 3.75. The van der Waals surface area contributed by atoms with Crippen molar-refractivity contribution in [1.82, 2.24) is 14.9 Å². The summed E-state index contributed by atoms with van der Waals surface area (Å²) < 4.78 is 5.54. The van der Waals surface area contributed by atoms with Crippen molar-refractivity contribution >= 4 is 10.9 Å². The summed E-state index contributed by atoms with van der Waals surface area (Å²) in [6, 6.07) is 16.2. The lowest BCUT2D eigenvalue weighted by Crippen LogP contribution is -2.25. The normalized spacial score (nSPS) is 17.7. The Labute approximate surface area is 152 Å². The minimum absolute atomic E-state index is 0.0672. The van der Waals surface area contributed by atoms with Crippen LogP contribution in [0.3, 0.4) is 0 Å². The molecule has 1 atom stereocenters. The van der Waals surface area contributed by atoms with Crippen LogP contribution in [0.15, 0.2) is 53.3 Å². The van der Waals surface area contributed by atoms with E-state index in [9.17, 15) is 4.79 Å². The molecule has 134 valence electrons. The number of fused-ring (bicyclic) bond motifs is 1. The largest absolute Gasteiger partial charge is 0.494 e. The van der Waals surface area contributed by atoms with E-state index in [1.165, 1.54) is 5.56 Å². The Balaban J connectivity index is 1.56. The molecule has 1 aliphatic rings. The predicted octanol–water partition coefficient (Wildman–Crippen LogP) is 3.66. The van der Waals surface area contributed by atoms with Gasteiger partial charge in [0.25, 0.3) is 5.56 Å². The molecule has 2 heterocycles. The van der Waals surface area contributed by atoms with E-state index in [0.29, 0.717) is 24.6 Å². The minimum atomic E-state index is -0.0672. The molecule has 2 aromatic carbocycles. The van der Waals surface area contributed by atoms with E-state index in [0.717, 1.165) is 36.5 Å². The zero-order valence-electron chi connectivity index (χ0n) is 14.9. The van der Waals surface area contributed by atoms with Crippen molar-refractivity contribution in [2.45, 2.75) is 32.4 Å². The lowest BCUT2D eigenvalue weighted by molar-refractivity contribution is 0.242. The van der Waals surface area contributed by atoms with E-state index in [-0.39, 0.29) is 5.56 Å². The standard InChI is InChI=1S/C21H23N3O2/c1-2-26-16-11-9-15(10-12-16)19-8-5-13-24(19)14-20-22-18-7-4-3-6-17(18)21(25)23-20/h3-4,6-7,9-12,19H,2,5,8,13-14H2,1H3,(H,22,23,25)/t19-/m0/s1. The molecule has 4 rings (SSSR count). The number of benzene rings is 2. The number of aromatic nitrogens is 2. The molecule has 0 bridgehead atoms. The van der Waals surface area contributed by atoms with Crippen molar-refractivity contribution < 1.29 is 4.74 Å². The molecule has 1 fully saturated rings. The van der Waals surface area contributed by atoms with Crippen LogP contribution in [0.4, 0.5) is 0 Å². The van der Waals surface area contributed by atoms with Gasteiger partial charge in [0.05, 0.1) is 24.1 Å². The van der Waals surface area contributed by atoms with E-state index >= 15 is 0 Å². The van der Waals surface area contributed by atoms with Gasteiger partial charge in [0.15, 0.2) is 0 Å². The first-order chi connectivity index (χ1) is 12.7. The molecule has 1 N–H and O–H groups in total. The topological polar surface area (TPSA) is 58.2 Å². The second-order valence-corrected chi connectivity index (χ2v) is 6.66. The Bertz CT molecular complexity index is 949. The van der Waals surface area contributed by atoms with E-state index in [4.69, 9.17) is 4.74 Å². The molecule has 0 radical (unpaired) electrons. The molecular formula is C21H23N3O2. The highest BCUT2D eigenvalue weighted by Crippen LogP contribution is 2.33. The first-order valence-electron chi connectivity index (χ1n) is 9.19. The van der Waals surface area contributed by atoms with Gasteiger partial charge in [-0.25, -0.2) is 4.98 Å². The van der Waals surface area contributed by atoms with Crippen molar-refractivity contribution in [3.63, 3.8) is 0 Å². The van der Waals surface area contributed by atoms with Crippen LogP contribution in [-0.4, -0.2) is 28.0 Å². The smallest absolute Gasteiger partial charge is 0.258 e. The number of rotatable bonds is 5. The molecule has 5 heteroatoms. The number of ether oxygens (including phenoxy) is 1. The Morgan fingerprint density at radius 3 is 2.81 bits per heavy atom. The summed E-state index contributed by atoms with van der Waals surface area (Å²) in [7, 11) is 0. The third kappa shape index (κ3) is 3.35. The van der Waals surface area contributed by atoms with Crippen LogP contribution >= 0.6 is 0 Å². The highest BCUT2D eigenvalue weighted by Gasteiger charge is 2.26. The number of nitrogens with one attached hydrogen (secondary N) is 1. The summed E-state index contributed by atoms with van der Waals surface area (Å²) in [5.41, 5.74) is 1.97. The number of aromatic amines is 1. The van der Waals surface area contributed by atoms with Gasteiger partial charge >= 0.3 is 0 Å². The monoisotopic (exact) mass is 349 g/mol. The van der Waals surface area contributed by atoms with E-state index in [1.807, 2.05) is 43.3 Å². The predicted molar refractivity (Wildman–Crippen MR) is 102 cm³/mol. The zero-order valence-corrected chi connectivity index (χ0v) is 14.9. The van der Waals surface area contributed by atoms with E-state index in [2.05, 4.69) is 27.0 Å². The highest BCUT2D eigenvalue weighted by atomic mass is 16.5. The zero-order chi connectivity index (χ0) is 17.9. The fraction of sp³-hybridized carbons (Fsp3) is 0.333. The molecule has 0 amide bonds. The Kier molecular flexibility index (Phi) is 4.71. The van der Waals surface area contributed by atoms with Crippen molar-refractivity contribution in [3.8, 4) is 5.75 Å². The van der Waals surface area contributed by atoms with Crippen molar-refractivity contribution in [1.29, 1.82) is 0 Å². The number of H-pyrrole nitrogens is 1. The van der Waals surface area contributed by atoms with E-state index < -0.39 is 0 Å². The van der Waals surface area contributed by atoms with Crippen LogP contribution in [0.5, 0.6) is 5.75 Å². The lowest BCUT2D eigenvalue weighted by Gasteiger charge is -2.24. The van der Waals surface area contributed by atoms with Gasteiger partial charge in [0.2, 0.25) is 0 Å². The number of hydrogen-bond donors (Lipinski definition) is 1. The van der Waals surface area contributed by atoms with Gasteiger partial charge in [-0.3, -0.25) is 9.69 Å². The molecule has 0 spiro atoms. The summed E-state index contributed by atoms with van der Waals surface area (Å²) in [4.78, 5) is 22.3. The molecule has 0 saturated carbocycles. The van der Waals surface area contributed by atoms with Crippen LogP contribution in [0.1, 0.15) is 37.2 Å². The van der Waals surface area contributed by atoms with Crippen LogP contribution in [0.25, 0.3) is 10.9 Å². The minimum Gasteiger partial charge on any atom is -0.494 e. The van der Waals surface area contributed by atoms with Crippen LogP contribution in [-0.2, 0) is 6.54 Å². The molecule has 1 aliphatic heterocycles. The van der Waals surface area contributed by atoms with Crippen LogP contribution < -0.4 is 10.3 Å². The molecule has 5 nitrogen and oxygen atoms in total. The van der Waals surface area contributed by atoms with Crippen molar-refractivity contribution in [2.24, 2.45) is 0 Å². The lowest BCUT2D eigenvalue weighted by atomic mass is 10.0. The molecule has 1 aromatic heterocycles. The maximum Gasteiger partial charge on any atom is 0.258 e. The summed E-state index contributed by atoms with van der Waals surface area (Å²) >= 11 is 0. The molecule has 26 heavy (non-hydrogen) atoms. The number of para-hydroxylation sites is 1. The van der Waals surface area contributed by atoms with Crippen LogP contribution in [0, 0.1) is 0 Å². The van der Waals surface area contributed by atoms with Crippen LogP contribution in [0.2, 0.25) is 0 Å². The first-order valence-corrected chi connectivity index (χ1v) is 9.19. The Morgan fingerprint density at radius 2 is 2.00 bits per heavy atom. The molecule has 1 saturated heterocycles. The second kappa shape index (κ2) is 7.30. The molecule has 0 aliphatic carbocycles. The average Bonchev–Trinajstić information content (AvgIpc) is 3.11. The first kappa shape index (κ1) is 16.8. The fourth-order valence-corrected chi connectivity index (χ4v) is 3.75. The van der Waals surface area contributed by atoms with Gasteiger partial charge in [0, 0.05) is 6.04 Å². The summed E-state index contributed by atoms with van der Waals surface area (Å²) in [5, 5.41) is 0.640. The summed E-state index contributed by atoms with van der Waals surface area (Å²) in [6.45, 7) is 4.33. The third-order valence-electron chi connectivity index (χ3n) is 4.95. The third-order valence-corrected chi connectivity index (χ3v) is 4.95. The van der Waals surface area contributed by atoms with Gasteiger partial charge in [-0.1, -0.05) is 24.3 Å². The molecular weight excluding hydrogens is 326 g/mol. The second-order valence-electron chi connectivity index (χ2n) is 6.66. The maximum absolute atomic E-state index is 12.3. The van der Waals surface area contributed by atoms with Crippen molar-refractivity contribution in [3.05, 3.63) is 70.3 Å². The average molecular weight is 349 g/mol. The van der Waals surface area contributed by atoms with Gasteiger partial charge in [0.1, 0.15) is 11.6 Å². The Morgan fingerprint density at radius 1 is 1.19 bits per heavy atom. The highest BCUT2D eigenvalue weighted by molar-refractivity contribution is 5.77. The summed E-state index contributed by atoms with van der Waals surface area (Å²) in [6.07, 6.45) is 2.27. The quantitative estimate of drug-likeness (QED) is 0.764. The summed E-state index contributed by atoms with van der Waals surface area (Å²) in [5.74, 6) is 1.63. The Hall–Kier alpha value is -2.66. The number of hydrogen-bond acceptors (Lipinski definition) is 4. The molecule has 0 unspecified atom stereocenters. The van der Waals surface area contributed by atoms with Gasteiger partial charge in [-0.2, -0.15) is 0 Å². The van der Waals surface area contributed by atoms with Crippen molar-refractivity contribution in [2.75, 3.05) is 13.2 Å². The number of nitrogens with zero attached hydrogens (tertiary/aromatic N) is 2. The van der Waals surface area contributed by atoms with Gasteiger partial charge in [-0.05, 0) is 56.1 Å². The van der Waals surface area contributed by atoms with Gasteiger partial charge in [-0.15, -0.1) is 0 Å². The number of likely N-dealkylation sites (tertiary alicyclic amines) is 1.